The monoisotopic (exact) mass is 303 g/mol. The van der Waals surface area contributed by atoms with Crippen LogP contribution < -0.4 is 5.32 Å². The summed E-state index contributed by atoms with van der Waals surface area (Å²) in [5.74, 6) is 0.362. The Labute approximate surface area is 129 Å². The zero-order valence-corrected chi connectivity index (χ0v) is 12.7. The van der Waals surface area contributed by atoms with E-state index in [0.717, 1.165) is 30.4 Å². The molecule has 1 amide bonds. The zero-order chi connectivity index (χ0) is 14.8. The lowest BCUT2D eigenvalue weighted by molar-refractivity contribution is 0.0932. The van der Waals surface area contributed by atoms with Gasteiger partial charge in [0.15, 0.2) is 0 Å². The number of fused-ring (bicyclic) bond motifs is 1. The minimum atomic E-state index is -0.0522. The van der Waals surface area contributed by atoms with Gasteiger partial charge in [0, 0.05) is 29.7 Å². The van der Waals surface area contributed by atoms with Crippen LogP contribution in [0.4, 0.5) is 0 Å². The van der Waals surface area contributed by atoms with Gasteiger partial charge in [0.25, 0.3) is 5.91 Å². The topological polar surface area (TPSA) is 46.9 Å². The van der Waals surface area contributed by atoms with Gasteiger partial charge in [-0.1, -0.05) is 12.1 Å². The Morgan fingerprint density at radius 1 is 1.52 bits per heavy atom. The van der Waals surface area contributed by atoms with Crippen molar-refractivity contribution in [2.45, 2.75) is 31.2 Å². The second-order valence-electron chi connectivity index (χ2n) is 5.42. The average molecular weight is 304 g/mol. The Hall–Kier alpha value is -1.81. The summed E-state index contributed by atoms with van der Waals surface area (Å²) in [6.45, 7) is 0. The predicted molar refractivity (Wildman–Crippen MR) is 82.4 cm³/mol. The molecule has 0 radical (unpaired) electrons. The molecular formula is C16H18ClN3O. The number of benzene rings is 1. The summed E-state index contributed by atoms with van der Waals surface area (Å²) in [6.07, 6.45) is 4.92. The first kappa shape index (κ1) is 14.1. The van der Waals surface area contributed by atoms with Crippen LogP contribution in [0.5, 0.6) is 0 Å². The number of nitrogens with zero attached hydrogens (tertiary/aromatic N) is 2. The third kappa shape index (κ3) is 2.81. The molecule has 1 heterocycles. The van der Waals surface area contributed by atoms with Crippen molar-refractivity contribution in [2.75, 3.05) is 0 Å². The maximum absolute atomic E-state index is 12.4. The van der Waals surface area contributed by atoms with Crippen molar-refractivity contribution in [3.63, 3.8) is 0 Å². The number of hydrogen-bond acceptors (Lipinski definition) is 2. The lowest BCUT2D eigenvalue weighted by atomic mass is 9.92. The number of amides is 1. The summed E-state index contributed by atoms with van der Waals surface area (Å²) < 4.78 is 1.90. The minimum absolute atomic E-state index is 0.0506. The van der Waals surface area contributed by atoms with Crippen LogP contribution >= 0.6 is 11.6 Å². The highest BCUT2D eigenvalue weighted by atomic mass is 35.5. The first-order valence-corrected chi connectivity index (χ1v) is 7.69. The number of halogens is 1. The molecule has 1 aromatic heterocycles. The van der Waals surface area contributed by atoms with Crippen molar-refractivity contribution in [3.05, 3.63) is 52.8 Å². The fourth-order valence-electron chi connectivity index (χ4n) is 2.89. The smallest absolute Gasteiger partial charge is 0.251 e. The van der Waals surface area contributed by atoms with Crippen LogP contribution in [-0.4, -0.2) is 15.7 Å². The Kier molecular flexibility index (Phi) is 3.97. The molecule has 0 bridgehead atoms. The highest BCUT2D eigenvalue weighted by Crippen LogP contribution is 2.29. The number of rotatable bonds is 3. The minimum Gasteiger partial charge on any atom is -0.345 e. The second-order valence-corrected chi connectivity index (χ2v) is 5.69. The molecule has 110 valence electrons. The lowest BCUT2D eigenvalue weighted by Crippen LogP contribution is -2.31. The molecule has 1 aromatic carbocycles. The van der Waals surface area contributed by atoms with Gasteiger partial charge < -0.3 is 5.32 Å². The molecular weight excluding hydrogens is 286 g/mol. The third-order valence-electron chi connectivity index (χ3n) is 4.02. The second kappa shape index (κ2) is 5.90. The van der Waals surface area contributed by atoms with Crippen molar-refractivity contribution >= 4 is 17.5 Å². The number of aromatic nitrogens is 2. The summed E-state index contributed by atoms with van der Waals surface area (Å²) in [5.41, 5.74) is 3.98. The fraction of sp³-hybridized carbons (Fsp3) is 0.375. The van der Waals surface area contributed by atoms with Crippen LogP contribution in [0.1, 0.15) is 46.1 Å². The van der Waals surface area contributed by atoms with Gasteiger partial charge >= 0.3 is 0 Å². The number of carbonyl (C=O) groups is 1. The molecule has 0 saturated carbocycles. The standard InChI is InChI=1S/C16H18ClN3O/c1-20-15-7-3-6-14(13(15)10-18-20)19-16(21)12-5-2-4-11(8-12)9-17/h2,4-5,8,10,14H,3,6-7,9H2,1H3,(H,19,21). The van der Waals surface area contributed by atoms with E-state index in [0.29, 0.717) is 11.4 Å². The van der Waals surface area contributed by atoms with Crippen molar-refractivity contribution < 1.29 is 4.79 Å². The summed E-state index contributed by atoms with van der Waals surface area (Å²) in [6, 6.07) is 7.50. The first-order valence-electron chi connectivity index (χ1n) is 7.15. The quantitative estimate of drug-likeness (QED) is 0.886. The van der Waals surface area contributed by atoms with Crippen LogP contribution in [-0.2, 0) is 19.3 Å². The fourth-order valence-corrected chi connectivity index (χ4v) is 3.06. The Morgan fingerprint density at radius 2 is 2.38 bits per heavy atom. The van der Waals surface area contributed by atoms with Gasteiger partial charge in [-0.25, -0.2) is 0 Å². The first-order chi connectivity index (χ1) is 10.2. The van der Waals surface area contributed by atoms with E-state index in [1.165, 1.54) is 5.69 Å². The van der Waals surface area contributed by atoms with E-state index in [4.69, 9.17) is 11.6 Å². The SMILES string of the molecule is Cn1ncc2c1CCCC2NC(=O)c1cccc(CCl)c1. The van der Waals surface area contributed by atoms with E-state index in [2.05, 4.69) is 10.4 Å². The van der Waals surface area contributed by atoms with Crippen LogP contribution in [0.25, 0.3) is 0 Å². The number of aryl methyl sites for hydroxylation is 1. The van der Waals surface area contributed by atoms with E-state index in [9.17, 15) is 4.79 Å². The summed E-state index contributed by atoms with van der Waals surface area (Å²) in [7, 11) is 1.95. The van der Waals surface area contributed by atoms with E-state index in [-0.39, 0.29) is 11.9 Å². The highest BCUT2D eigenvalue weighted by Gasteiger charge is 2.25. The third-order valence-corrected chi connectivity index (χ3v) is 4.33. The van der Waals surface area contributed by atoms with Crippen molar-refractivity contribution in [1.29, 1.82) is 0 Å². The van der Waals surface area contributed by atoms with Gasteiger partial charge in [0.1, 0.15) is 0 Å². The van der Waals surface area contributed by atoms with E-state index in [1.807, 2.05) is 42.2 Å². The molecule has 4 nitrogen and oxygen atoms in total. The molecule has 1 aliphatic rings. The molecule has 0 fully saturated rings. The average Bonchev–Trinajstić information content (AvgIpc) is 2.90. The Bertz CT molecular complexity index is 665. The molecule has 1 unspecified atom stereocenters. The molecule has 1 atom stereocenters. The Balaban J connectivity index is 1.79. The van der Waals surface area contributed by atoms with Crippen molar-refractivity contribution in [2.24, 2.45) is 7.05 Å². The Morgan fingerprint density at radius 3 is 3.19 bits per heavy atom. The van der Waals surface area contributed by atoms with Gasteiger partial charge in [-0.15, -0.1) is 11.6 Å². The molecule has 0 saturated heterocycles. The van der Waals surface area contributed by atoms with E-state index >= 15 is 0 Å². The van der Waals surface area contributed by atoms with Crippen LogP contribution in [0.2, 0.25) is 0 Å². The van der Waals surface area contributed by atoms with Crippen molar-refractivity contribution in [1.82, 2.24) is 15.1 Å². The maximum atomic E-state index is 12.4. The summed E-state index contributed by atoms with van der Waals surface area (Å²) in [4.78, 5) is 12.4. The van der Waals surface area contributed by atoms with Gasteiger partial charge in [-0.2, -0.15) is 5.10 Å². The van der Waals surface area contributed by atoms with Gasteiger partial charge in [0.05, 0.1) is 12.2 Å². The van der Waals surface area contributed by atoms with Crippen LogP contribution in [0.15, 0.2) is 30.5 Å². The summed E-state index contributed by atoms with van der Waals surface area (Å²) in [5, 5.41) is 7.42. The molecule has 0 aliphatic heterocycles. The number of nitrogens with one attached hydrogen (secondary N) is 1. The largest absolute Gasteiger partial charge is 0.345 e. The molecule has 1 aliphatic carbocycles. The highest BCUT2D eigenvalue weighted by molar-refractivity contribution is 6.17. The van der Waals surface area contributed by atoms with E-state index < -0.39 is 0 Å². The maximum Gasteiger partial charge on any atom is 0.251 e. The van der Waals surface area contributed by atoms with Gasteiger partial charge in [-0.3, -0.25) is 9.48 Å². The van der Waals surface area contributed by atoms with E-state index in [1.54, 1.807) is 0 Å². The van der Waals surface area contributed by atoms with Crippen LogP contribution in [0.3, 0.4) is 0 Å². The number of hydrogen-bond donors (Lipinski definition) is 1. The molecule has 0 spiro atoms. The number of alkyl halides is 1. The van der Waals surface area contributed by atoms with Gasteiger partial charge in [0.2, 0.25) is 0 Å². The number of carbonyl (C=O) groups excluding carboxylic acids is 1. The lowest BCUT2D eigenvalue weighted by Gasteiger charge is -2.23. The van der Waals surface area contributed by atoms with Gasteiger partial charge in [-0.05, 0) is 37.0 Å². The molecule has 3 rings (SSSR count). The molecule has 21 heavy (non-hydrogen) atoms. The zero-order valence-electron chi connectivity index (χ0n) is 12.0. The predicted octanol–water partition coefficient (Wildman–Crippen LogP) is 2.97. The van der Waals surface area contributed by atoms with Crippen LogP contribution in [0, 0.1) is 0 Å². The summed E-state index contributed by atoms with van der Waals surface area (Å²) >= 11 is 5.82. The molecule has 2 aromatic rings. The normalized spacial score (nSPS) is 17.3. The van der Waals surface area contributed by atoms with Crippen molar-refractivity contribution in [3.8, 4) is 0 Å². The molecule has 5 heteroatoms. The molecule has 1 N–H and O–H groups in total.